The molecule has 0 spiro atoms. The number of para-hydroxylation sites is 1. The maximum Gasteiger partial charge on any atom is 0.340 e. The number of anilines is 1. The van der Waals surface area contributed by atoms with E-state index < -0.39 is 16.0 Å². The van der Waals surface area contributed by atoms with Crippen LogP contribution in [0.25, 0.3) is 0 Å². The number of sulfonamides is 1. The van der Waals surface area contributed by atoms with Crippen LogP contribution >= 0.6 is 0 Å². The molecule has 0 unspecified atom stereocenters. The van der Waals surface area contributed by atoms with Crippen LogP contribution < -0.4 is 9.04 Å². The summed E-state index contributed by atoms with van der Waals surface area (Å²) in [5, 5.41) is 0. The van der Waals surface area contributed by atoms with Crippen molar-refractivity contribution < 1.29 is 22.7 Å². The van der Waals surface area contributed by atoms with E-state index in [9.17, 15) is 13.2 Å². The number of methoxy groups -OCH3 is 2. The fourth-order valence-electron chi connectivity index (χ4n) is 2.32. The molecule has 2 rings (SSSR count). The van der Waals surface area contributed by atoms with Crippen LogP contribution in [-0.2, 0) is 14.8 Å². The molecule has 2 aromatic rings. The first-order valence-electron chi connectivity index (χ1n) is 7.29. The molecule has 128 valence electrons. The van der Waals surface area contributed by atoms with E-state index in [0.717, 1.165) is 0 Å². The minimum Gasteiger partial charge on any atom is -0.497 e. The molecule has 6 nitrogen and oxygen atoms in total. The summed E-state index contributed by atoms with van der Waals surface area (Å²) in [5.41, 5.74) is 0.474. The van der Waals surface area contributed by atoms with Gasteiger partial charge < -0.3 is 9.47 Å². The van der Waals surface area contributed by atoms with Gasteiger partial charge in [-0.2, -0.15) is 0 Å². The van der Waals surface area contributed by atoms with Crippen LogP contribution in [0.15, 0.2) is 53.4 Å². The molecule has 24 heavy (non-hydrogen) atoms. The number of hydrogen-bond acceptors (Lipinski definition) is 5. The van der Waals surface area contributed by atoms with Crippen LogP contribution in [0, 0.1) is 0 Å². The van der Waals surface area contributed by atoms with E-state index in [1.807, 2.05) is 0 Å². The highest BCUT2D eigenvalue weighted by atomic mass is 32.2. The van der Waals surface area contributed by atoms with Gasteiger partial charge in [-0.15, -0.1) is 0 Å². The molecule has 7 heteroatoms. The molecule has 0 aliphatic carbocycles. The molecule has 0 atom stereocenters. The number of benzene rings is 2. The summed E-state index contributed by atoms with van der Waals surface area (Å²) in [6.45, 7) is 1.87. The van der Waals surface area contributed by atoms with Crippen molar-refractivity contribution in [1.29, 1.82) is 0 Å². The van der Waals surface area contributed by atoms with E-state index in [4.69, 9.17) is 9.47 Å². The third-order valence-electron chi connectivity index (χ3n) is 3.51. The number of nitrogens with zero attached hydrogens (tertiary/aromatic N) is 1. The number of rotatable bonds is 6. The average molecular weight is 349 g/mol. The highest BCUT2D eigenvalue weighted by molar-refractivity contribution is 7.92. The van der Waals surface area contributed by atoms with Gasteiger partial charge >= 0.3 is 5.97 Å². The summed E-state index contributed by atoms with van der Waals surface area (Å²) in [7, 11) is -1.06. The number of esters is 1. The number of carbonyl (C=O) groups is 1. The maximum atomic E-state index is 13.0. The van der Waals surface area contributed by atoms with E-state index in [-0.39, 0.29) is 22.7 Å². The smallest absolute Gasteiger partial charge is 0.340 e. The van der Waals surface area contributed by atoms with Crippen LogP contribution in [0.4, 0.5) is 5.69 Å². The Labute approximate surface area is 141 Å². The number of ether oxygens (including phenoxy) is 2. The Kier molecular flexibility index (Phi) is 5.46. The summed E-state index contributed by atoms with van der Waals surface area (Å²) in [6.07, 6.45) is 0. The fourth-order valence-corrected chi connectivity index (χ4v) is 3.81. The summed E-state index contributed by atoms with van der Waals surface area (Å²) in [6, 6.07) is 12.5. The minimum absolute atomic E-state index is 0.116. The van der Waals surface area contributed by atoms with Crippen LogP contribution in [-0.4, -0.2) is 35.2 Å². The Morgan fingerprint density at radius 2 is 1.67 bits per heavy atom. The normalized spacial score (nSPS) is 11.0. The molecule has 0 fully saturated rings. The number of hydrogen-bond donors (Lipinski definition) is 0. The van der Waals surface area contributed by atoms with Crippen molar-refractivity contribution in [1.82, 2.24) is 0 Å². The molecule has 0 bridgehead atoms. The van der Waals surface area contributed by atoms with Crippen molar-refractivity contribution in [3.05, 3.63) is 54.1 Å². The summed E-state index contributed by atoms with van der Waals surface area (Å²) < 4.78 is 36.9. The lowest BCUT2D eigenvalue weighted by molar-refractivity contribution is 0.0601. The predicted octanol–water partition coefficient (Wildman–Crippen LogP) is 2.70. The molecule has 0 saturated carbocycles. The third-order valence-corrected chi connectivity index (χ3v) is 5.42. The molecule has 0 radical (unpaired) electrons. The fraction of sp³-hybridized carbons (Fsp3) is 0.235. The van der Waals surface area contributed by atoms with Gasteiger partial charge in [0, 0.05) is 6.54 Å². The Morgan fingerprint density at radius 3 is 2.21 bits per heavy atom. The zero-order chi connectivity index (χ0) is 17.7. The quantitative estimate of drug-likeness (QED) is 0.750. The lowest BCUT2D eigenvalue weighted by Gasteiger charge is -2.24. The molecule has 0 N–H and O–H groups in total. The highest BCUT2D eigenvalue weighted by Gasteiger charge is 2.27. The molecule has 0 aliphatic heterocycles. The van der Waals surface area contributed by atoms with Gasteiger partial charge in [0.25, 0.3) is 10.0 Å². The molecule has 2 aromatic carbocycles. The Hall–Kier alpha value is -2.54. The van der Waals surface area contributed by atoms with Gasteiger partial charge in [0.1, 0.15) is 5.75 Å². The molecular formula is C17H19NO5S. The molecular weight excluding hydrogens is 330 g/mol. The van der Waals surface area contributed by atoms with Gasteiger partial charge in [0.05, 0.1) is 30.4 Å². The first-order chi connectivity index (χ1) is 11.5. The van der Waals surface area contributed by atoms with Gasteiger partial charge in [-0.05, 0) is 43.3 Å². The van der Waals surface area contributed by atoms with E-state index in [1.54, 1.807) is 37.3 Å². The van der Waals surface area contributed by atoms with E-state index in [0.29, 0.717) is 5.75 Å². The largest absolute Gasteiger partial charge is 0.497 e. The maximum absolute atomic E-state index is 13.0. The average Bonchev–Trinajstić information content (AvgIpc) is 2.62. The Balaban J connectivity index is 2.53. The van der Waals surface area contributed by atoms with Gasteiger partial charge in [0.15, 0.2) is 0 Å². The zero-order valence-corrected chi connectivity index (χ0v) is 14.5. The number of carbonyl (C=O) groups excluding carboxylic acids is 1. The lowest BCUT2D eigenvalue weighted by atomic mass is 10.2. The van der Waals surface area contributed by atoms with E-state index >= 15 is 0 Å². The van der Waals surface area contributed by atoms with Crippen LogP contribution in [0.3, 0.4) is 0 Å². The van der Waals surface area contributed by atoms with Crippen LogP contribution in [0.5, 0.6) is 5.75 Å². The molecule has 0 aromatic heterocycles. The first-order valence-corrected chi connectivity index (χ1v) is 8.73. The second-order valence-electron chi connectivity index (χ2n) is 4.85. The lowest BCUT2D eigenvalue weighted by Crippen LogP contribution is -2.32. The summed E-state index contributed by atoms with van der Waals surface area (Å²) in [5.74, 6) is -0.0269. The Bertz CT molecular complexity index is 815. The van der Waals surface area contributed by atoms with Crippen LogP contribution in [0.2, 0.25) is 0 Å². The van der Waals surface area contributed by atoms with Gasteiger partial charge in [0.2, 0.25) is 0 Å². The van der Waals surface area contributed by atoms with Crippen molar-refractivity contribution in [3.63, 3.8) is 0 Å². The van der Waals surface area contributed by atoms with Crippen LogP contribution in [0.1, 0.15) is 17.3 Å². The van der Waals surface area contributed by atoms with Crippen molar-refractivity contribution in [3.8, 4) is 5.75 Å². The monoisotopic (exact) mass is 349 g/mol. The second-order valence-corrected chi connectivity index (χ2v) is 6.72. The van der Waals surface area contributed by atoms with Gasteiger partial charge in [-0.25, -0.2) is 13.2 Å². The topological polar surface area (TPSA) is 72.9 Å². The molecule has 0 heterocycles. The van der Waals surface area contributed by atoms with Crippen molar-refractivity contribution in [2.75, 3.05) is 25.1 Å². The van der Waals surface area contributed by atoms with Crippen molar-refractivity contribution in [2.24, 2.45) is 0 Å². The molecule has 0 amide bonds. The summed E-state index contributed by atoms with van der Waals surface area (Å²) in [4.78, 5) is 12.1. The first kappa shape index (κ1) is 17.8. The Morgan fingerprint density at radius 1 is 1.04 bits per heavy atom. The van der Waals surface area contributed by atoms with E-state index in [2.05, 4.69) is 0 Å². The zero-order valence-electron chi connectivity index (χ0n) is 13.7. The SMILES string of the molecule is CCN(c1ccccc1C(=O)OC)S(=O)(=O)c1ccc(OC)cc1. The second kappa shape index (κ2) is 7.35. The predicted molar refractivity (Wildman–Crippen MR) is 91.0 cm³/mol. The van der Waals surface area contributed by atoms with E-state index in [1.165, 1.54) is 36.7 Å². The molecule has 0 saturated heterocycles. The highest BCUT2D eigenvalue weighted by Crippen LogP contribution is 2.28. The van der Waals surface area contributed by atoms with Crippen molar-refractivity contribution >= 4 is 21.7 Å². The third kappa shape index (κ3) is 3.35. The minimum atomic E-state index is -3.82. The molecule has 0 aliphatic rings. The van der Waals surface area contributed by atoms with Gasteiger partial charge in [-0.3, -0.25) is 4.31 Å². The summed E-state index contributed by atoms with van der Waals surface area (Å²) >= 11 is 0. The van der Waals surface area contributed by atoms with Crippen molar-refractivity contribution in [2.45, 2.75) is 11.8 Å². The van der Waals surface area contributed by atoms with Gasteiger partial charge in [-0.1, -0.05) is 12.1 Å². The standard InChI is InChI=1S/C17H19NO5S/c1-4-18(16-8-6-5-7-15(16)17(19)23-3)24(20,21)14-11-9-13(22-2)10-12-14/h5-12H,4H2,1-3H3.